The van der Waals surface area contributed by atoms with E-state index < -0.39 is 0 Å². The van der Waals surface area contributed by atoms with Crippen LogP contribution in [0.5, 0.6) is 0 Å². The van der Waals surface area contributed by atoms with Crippen LogP contribution >= 0.6 is 11.3 Å². The van der Waals surface area contributed by atoms with Crippen molar-refractivity contribution in [3.63, 3.8) is 0 Å². The fraction of sp³-hybridized carbons (Fsp3) is 0.474. The van der Waals surface area contributed by atoms with Gasteiger partial charge in [0, 0.05) is 30.4 Å². The Bertz CT molecular complexity index is 650. The van der Waals surface area contributed by atoms with Crippen LogP contribution in [0.25, 0.3) is 0 Å². The lowest BCUT2D eigenvalue weighted by molar-refractivity contribution is 0.0910. The number of hydrogen-bond donors (Lipinski definition) is 1. The van der Waals surface area contributed by atoms with Crippen molar-refractivity contribution in [2.45, 2.75) is 38.6 Å². The highest BCUT2D eigenvalue weighted by molar-refractivity contribution is 7.09. The highest BCUT2D eigenvalue weighted by Crippen LogP contribution is 2.20. The summed E-state index contributed by atoms with van der Waals surface area (Å²) in [4.78, 5) is 17.0. The highest BCUT2D eigenvalue weighted by Gasteiger charge is 2.26. The Balaban J connectivity index is 1.55. The third kappa shape index (κ3) is 4.42. The molecular weight excluding hydrogens is 320 g/mol. The van der Waals surface area contributed by atoms with Crippen LogP contribution in [0.1, 0.15) is 40.8 Å². The summed E-state index contributed by atoms with van der Waals surface area (Å²) in [6.45, 7) is 3.66. The zero-order valence-electron chi connectivity index (χ0n) is 14.0. The van der Waals surface area contributed by atoms with Crippen molar-refractivity contribution < 1.29 is 9.53 Å². The Morgan fingerprint density at radius 1 is 1.38 bits per heavy atom. The Morgan fingerprint density at radius 3 is 2.92 bits per heavy atom. The van der Waals surface area contributed by atoms with E-state index in [9.17, 15) is 4.79 Å². The number of benzene rings is 1. The highest BCUT2D eigenvalue weighted by atomic mass is 32.1. The van der Waals surface area contributed by atoms with Crippen molar-refractivity contribution >= 4 is 17.2 Å². The van der Waals surface area contributed by atoms with Gasteiger partial charge in [0.2, 0.25) is 0 Å². The molecule has 1 saturated heterocycles. The molecule has 0 unspecified atom stereocenters. The molecule has 2 heterocycles. The Labute approximate surface area is 147 Å². The molecule has 0 bridgehead atoms. The third-order valence-electron chi connectivity index (χ3n) is 4.55. The van der Waals surface area contributed by atoms with Crippen LogP contribution in [0.15, 0.2) is 35.7 Å². The van der Waals surface area contributed by atoms with Crippen LogP contribution in [0.3, 0.4) is 0 Å². The van der Waals surface area contributed by atoms with Gasteiger partial charge in [0.05, 0.1) is 11.6 Å². The lowest BCUT2D eigenvalue weighted by Crippen LogP contribution is -2.40. The maximum absolute atomic E-state index is 12.5. The molecule has 4 nitrogen and oxygen atoms in total. The van der Waals surface area contributed by atoms with Crippen LogP contribution in [-0.2, 0) is 17.6 Å². The second-order valence-electron chi connectivity index (χ2n) is 6.22. The first-order valence-electron chi connectivity index (χ1n) is 8.63. The minimum Gasteiger partial charge on any atom is -0.381 e. The molecule has 2 atom stereocenters. The van der Waals surface area contributed by atoms with Crippen molar-refractivity contribution in [2.24, 2.45) is 5.92 Å². The molecule has 128 valence electrons. The summed E-state index contributed by atoms with van der Waals surface area (Å²) in [5.74, 6) is 0.367. The first-order valence-corrected chi connectivity index (χ1v) is 9.51. The van der Waals surface area contributed by atoms with Crippen LogP contribution in [0, 0.1) is 5.92 Å². The van der Waals surface area contributed by atoms with Crippen LogP contribution in [-0.4, -0.2) is 30.1 Å². The van der Waals surface area contributed by atoms with Gasteiger partial charge in [-0.1, -0.05) is 37.3 Å². The molecule has 0 radical (unpaired) electrons. The van der Waals surface area contributed by atoms with Crippen molar-refractivity contribution in [3.8, 4) is 0 Å². The van der Waals surface area contributed by atoms with Gasteiger partial charge in [-0.25, -0.2) is 4.98 Å². The molecule has 1 aromatic carbocycles. The summed E-state index contributed by atoms with van der Waals surface area (Å²) < 4.78 is 5.44. The molecule has 0 saturated carbocycles. The van der Waals surface area contributed by atoms with Crippen molar-refractivity contribution in [2.75, 3.05) is 13.2 Å². The van der Waals surface area contributed by atoms with E-state index in [1.807, 2.05) is 23.6 Å². The number of aromatic nitrogens is 1. The number of amides is 1. The van der Waals surface area contributed by atoms with Gasteiger partial charge in [0.1, 0.15) is 5.69 Å². The van der Waals surface area contributed by atoms with Crippen molar-refractivity contribution in [1.82, 2.24) is 10.3 Å². The SMILES string of the molecule is CC[C@H](NC(=O)c1csc(CCc2ccccc2)n1)[C@@H]1CCOC1. The van der Waals surface area contributed by atoms with E-state index in [4.69, 9.17) is 4.74 Å². The number of thiazole rings is 1. The van der Waals surface area contributed by atoms with E-state index in [-0.39, 0.29) is 11.9 Å². The number of nitrogens with zero attached hydrogens (tertiary/aromatic N) is 1. The molecule has 0 aliphatic carbocycles. The van der Waals surface area contributed by atoms with E-state index in [1.165, 1.54) is 5.56 Å². The summed E-state index contributed by atoms with van der Waals surface area (Å²) in [7, 11) is 0. The molecule has 1 fully saturated rings. The van der Waals surface area contributed by atoms with E-state index in [0.717, 1.165) is 43.9 Å². The van der Waals surface area contributed by atoms with Gasteiger partial charge in [0.15, 0.2) is 0 Å². The number of ether oxygens (including phenoxy) is 1. The zero-order valence-corrected chi connectivity index (χ0v) is 14.8. The molecule has 5 heteroatoms. The fourth-order valence-corrected chi connectivity index (χ4v) is 3.87. The van der Waals surface area contributed by atoms with Gasteiger partial charge in [-0.05, 0) is 24.8 Å². The largest absolute Gasteiger partial charge is 0.381 e. The van der Waals surface area contributed by atoms with Crippen LogP contribution < -0.4 is 5.32 Å². The second-order valence-corrected chi connectivity index (χ2v) is 7.17. The lowest BCUT2D eigenvalue weighted by atomic mass is 9.97. The summed E-state index contributed by atoms with van der Waals surface area (Å²) in [6.07, 6.45) is 3.77. The van der Waals surface area contributed by atoms with Crippen LogP contribution in [0.4, 0.5) is 0 Å². The average Bonchev–Trinajstić information content (AvgIpc) is 3.30. The predicted octanol–water partition coefficient (Wildman–Crippen LogP) is 3.47. The third-order valence-corrected chi connectivity index (χ3v) is 5.45. The molecule has 1 aliphatic heterocycles. The number of hydrogen-bond acceptors (Lipinski definition) is 4. The number of nitrogens with one attached hydrogen (secondary N) is 1. The summed E-state index contributed by atoms with van der Waals surface area (Å²) in [6, 6.07) is 10.5. The monoisotopic (exact) mass is 344 g/mol. The van der Waals surface area contributed by atoms with E-state index in [2.05, 4.69) is 29.4 Å². The van der Waals surface area contributed by atoms with Crippen LogP contribution in [0.2, 0.25) is 0 Å². The van der Waals surface area contributed by atoms with Crippen molar-refractivity contribution in [1.29, 1.82) is 0 Å². The molecule has 3 rings (SSSR count). The molecule has 1 aliphatic rings. The maximum atomic E-state index is 12.5. The molecule has 1 amide bonds. The molecular formula is C19H24N2O2S. The summed E-state index contributed by atoms with van der Waals surface area (Å²) >= 11 is 1.57. The van der Waals surface area contributed by atoms with Gasteiger partial charge in [-0.15, -0.1) is 11.3 Å². The topological polar surface area (TPSA) is 51.2 Å². The normalized spacial score (nSPS) is 18.5. The average molecular weight is 344 g/mol. The predicted molar refractivity (Wildman–Crippen MR) is 96.4 cm³/mol. The number of aryl methyl sites for hydroxylation is 2. The second kappa shape index (κ2) is 8.40. The molecule has 1 N–H and O–H groups in total. The Hall–Kier alpha value is -1.72. The maximum Gasteiger partial charge on any atom is 0.270 e. The fourth-order valence-electron chi connectivity index (χ4n) is 3.09. The minimum atomic E-state index is -0.0593. The quantitative estimate of drug-likeness (QED) is 0.837. The van der Waals surface area contributed by atoms with E-state index >= 15 is 0 Å². The Kier molecular flexibility index (Phi) is 5.99. The van der Waals surface area contributed by atoms with E-state index in [1.54, 1.807) is 11.3 Å². The first-order chi connectivity index (χ1) is 11.8. The molecule has 2 aromatic rings. The van der Waals surface area contributed by atoms with Gasteiger partial charge < -0.3 is 10.1 Å². The van der Waals surface area contributed by atoms with Crippen molar-refractivity contribution in [3.05, 3.63) is 52.0 Å². The number of carbonyl (C=O) groups excluding carboxylic acids is 1. The molecule has 1 aromatic heterocycles. The van der Waals surface area contributed by atoms with Gasteiger partial charge in [-0.2, -0.15) is 0 Å². The standard InChI is InChI=1S/C19H24N2O2S/c1-2-16(15-10-11-23-12-15)21-19(22)17-13-24-18(20-17)9-8-14-6-4-3-5-7-14/h3-7,13,15-16H,2,8-12H2,1H3,(H,21,22)/t15-,16+/m1/s1. The number of carbonyl (C=O) groups is 1. The van der Waals surface area contributed by atoms with Gasteiger partial charge in [-0.3, -0.25) is 4.79 Å². The molecule has 24 heavy (non-hydrogen) atoms. The minimum absolute atomic E-state index is 0.0593. The van der Waals surface area contributed by atoms with Gasteiger partial charge >= 0.3 is 0 Å². The smallest absolute Gasteiger partial charge is 0.270 e. The summed E-state index contributed by atoms with van der Waals surface area (Å²) in [5.41, 5.74) is 1.84. The first kappa shape index (κ1) is 17.1. The number of rotatable bonds is 7. The molecule has 0 spiro atoms. The van der Waals surface area contributed by atoms with E-state index in [0.29, 0.717) is 11.6 Å². The lowest BCUT2D eigenvalue weighted by Gasteiger charge is -2.21. The Morgan fingerprint density at radius 2 is 2.21 bits per heavy atom. The zero-order chi connectivity index (χ0) is 16.8. The van der Waals surface area contributed by atoms with Gasteiger partial charge in [0.25, 0.3) is 5.91 Å². The summed E-state index contributed by atoms with van der Waals surface area (Å²) in [5, 5.41) is 6.02.